The van der Waals surface area contributed by atoms with Crippen molar-refractivity contribution in [3.8, 4) is 0 Å². The van der Waals surface area contributed by atoms with Crippen LogP contribution in [-0.4, -0.2) is 35.1 Å². The molecule has 0 unspecified atom stereocenters. The van der Waals surface area contributed by atoms with Gasteiger partial charge in [-0.15, -0.1) is 11.8 Å². The third-order valence-corrected chi connectivity index (χ3v) is 6.11. The average Bonchev–Trinajstić information content (AvgIpc) is 2.74. The second-order valence-corrected chi connectivity index (χ2v) is 9.19. The largest absolute Gasteiger partial charge is 0.354 e. The molecule has 0 aliphatic rings. The summed E-state index contributed by atoms with van der Waals surface area (Å²) in [6.45, 7) is 6.73. The van der Waals surface area contributed by atoms with Gasteiger partial charge in [0.1, 0.15) is 11.9 Å². The molecule has 0 fully saturated rings. The molecular weight excluding hydrogens is 435 g/mol. The fourth-order valence-electron chi connectivity index (χ4n) is 3.08. The number of hydrogen-bond donors (Lipinski definition) is 1. The summed E-state index contributed by atoms with van der Waals surface area (Å²) in [6, 6.07) is 13.0. The van der Waals surface area contributed by atoms with E-state index in [1.54, 1.807) is 17.0 Å². The number of carbonyl (C=O) groups excluding carboxylic acids is 2. The summed E-state index contributed by atoms with van der Waals surface area (Å²) in [5, 5.41) is 3.61. The van der Waals surface area contributed by atoms with Crippen LogP contribution in [0.4, 0.5) is 4.39 Å². The zero-order valence-electron chi connectivity index (χ0n) is 18.2. The van der Waals surface area contributed by atoms with Crippen LogP contribution in [0.2, 0.25) is 5.02 Å². The molecule has 0 aliphatic carbocycles. The highest BCUT2D eigenvalue weighted by Crippen LogP contribution is 2.22. The van der Waals surface area contributed by atoms with Crippen LogP contribution < -0.4 is 5.32 Å². The Hall–Kier alpha value is -2.05. The smallest absolute Gasteiger partial charge is 0.242 e. The van der Waals surface area contributed by atoms with Crippen molar-refractivity contribution in [2.45, 2.75) is 45.5 Å². The second-order valence-electron chi connectivity index (χ2n) is 7.80. The van der Waals surface area contributed by atoms with Gasteiger partial charge in [-0.2, -0.15) is 0 Å². The van der Waals surface area contributed by atoms with Crippen molar-refractivity contribution in [3.63, 3.8) is 0 Å². The van der Waals surface area contributed by atoms with Crippen molar-refractivity contribution < 1.29 is 14.0 Å². The lowest BCUT2D eigenvalue weighted by Gasteiger charge is -2.31. The van der Waals surface area contributed by atoms with Gasteiger partial charge in [0.15, 0.2) is 0 Å². The van der Waals surface area contributed by atoms with Crippen LogP contribution in [0.1, 0.15) is 38.3 Å². The SMILES string of the molecule is CC[C@@H](C(=O)NCC(C)C)N(Cc1ccc(F)cc1)C(=O)CSCc1ccccc1Cl. The molecular formula is C24H30ClFN2O2S. The Labute approximate surface area is 193 Å². The zero-order valence-corrected chi connectivity index (χ0v) is 19.8. The van der Waals surface area contributed by atoms with Gasteiger partial charge in [-0.05, 0) is 41.7 Å². The van der Waals surface area contributed by atoms with Crippen molar-refractivity contribution in [2.24, 2.45) is 5.92 Å². The minimum Gasteiger partial charge on any atom is -0.354 e. The van der Waals surface area contributed by atoms with E-state index in [1.807, 2.05) is 45.0 Å². The maximum Gasteiger partial charge on any atom is 0.242 e. The number of amides is 2. The Morgan fingerprint density at radius 3 is 2.42 bits per heavy atom. The molecule has 2 aromatic rings. The van der Waals surface area contributed by atoms with Crippen LogP contribution in [0.25, 0.3) is 0 Å². The lowest BCUT2D eigenvalue weighted by atomic mass is 10.1. The summed E-state index contributed by atoms with van der Waals surface area (Å²) in [6.07, 6.45) is 0.492. The molecule has 0 radical (unpaired) electrons. The van der Waals surface area contributed by atoms with E-state index in [0.717, 1.165) is 11.1 Å². The summed E-state index contributed by atoms with van der Waals surface area (Å²) in [4.78, 5) is 27.6. The molecule has 0 saturated carbocycles. The van der Waals surface area contributed by atoms with E-state index in [0.29, 0.717) is 29.7 Å². The van der Waals surface area contributed by atoms with Crippen molar-refractivity contribution in [1.29, 1.82) is 0 Å². The highest BCUT2D eigenvalue weighted by atomic mass is 35.5. The standard InChI is InChI=1S/C24H30ClFN2O2S/c1-4-22(24(30)27-13-17(2)3)28(14-18-9-11-20(26)12-10-18)23(29)16-31-15-19-7-5-6-8-21(19)25/h5-12,17,22H,4,13-16H2,1-3H3,(H,27,30)/t22-/m0/s1. The Balaban J connectivity index is 2.12. The molecule has 7 heteroatoms. The fourth-order valence-corrected chi connectivity index (χ4v) is 4.27. The summed E-state index contributed by atoms with van der Waals surface area (Å²) in [5.74, 6) is 0.509. The second kappa shape index (κ2) is 12.7. The molecule has 2 amide bonds. The van der Waals surface area contributed by atoms with E-state index in [1.165, 1.54) is 23.9 Å². The number of halogens is 2. The predicted octanol–water partition coefficient (Wildman–Crippen LogP) is 5.29. The van der Waals surface area contributed by atoms with E-state index in [9.17, 15) is 14.0 Å². The van der Waals surface area contributed by atoms with E-state index >= 15 is 0 Å². The van der Waals surface area contributed by atoms with E-state index < -0.39 is 6.04 Å². The first-order valence-corrected chi connectivity index (χ1v) is 12.0. The van der Waals surface area contributed by atoms with Gasteiger partial charge in [0.2, 0.25) is 11.8 Å². The van der Waals surface area contributed by atoms with Crippen LogP contribution in [0, 0.1) is 11.7 Å². The maximum atomic E-state index is 13.3. The molecule has 31 heavy (non-hydrogen) atoms. The molecule has 168 valence electrons. The molecule has 1 atom stereocenters. The van der Waals surface area contributed by atoms with Gasteiger partial charge in [0.25, 0.3) is 0 Å². The van der Waals surface area contributed by atoms with Crippen LogP contribution in [0.15, 0.2) is 48.5 Å². The first kappa shape index (κ1) is 25.2. The highest BCUT2D eigenvalue weighted by molar-refractivity contribution is 7.99. The number of carbonyl (C=O) groups is 2. The monoisotopic (exact) mass is 464 g/mol. The minimum atomic E-state index is -0.586. The quantitative estimate of drug-likeness (QED) is 0.491. The molecule has 4 nitrogen and oxygen atoms in total. The van der Waals surface area contributed by atoms with Crippen molar-refractivity contribution >= 4 is 35.2 Å². The predicted molar refractivity (Wildman–Crippen MR) is 126 cm³/mol. The lowest BCUT2D eigenvalue weighted by molar-refractivity contribution is -0.139. The molecule has 0 bridgehead atoms. The first-order chi connectivity index (χ1) is 14.8. The molecule has 0 spiro atoms. The molecule has 2 rings (SSSR count). The van der Waals surface area contributed by atoms with Gasteiger partial charge in [-0.1, -0.05) is 62.7 Å². The van der Waals surface area contributed by atoms with E-state index in [2.05, 4.69) is 5.32 Å². The molecule has 0 heterocycles. The van der Waals surface area contributed by atoms with Crippen LogP contribution in [0.5, 0.6) is 0 Å². The molecule has 0 aromatic heterocycles. The number of thioether (sulfide) groups is 1. The average molecular weight is 465 g/mol. The first-order valence-electron chi connectivity index (χ1n) is 10.4. The van der Waals surface area contributed by atoms with Crippen molar-refractivity contribution in [2.75, 3.05) is 12.3 Å². The van der Waals surface area contributed by atoms with E-state index in [4.69, 9.17) is 11.6 Å². The zero-order chi connectivity index (χ0) is 22.8. The number of rotatable bonds is 11. The minimum absolute atomic E-state index is 0.132. The summed E-state index contributed by atoms with van der Waals surface area (Å²) < 4.78 is 13.3. The summed E-state index contributed by atoms with van der Waals surface area (Å²) >= 11 is 7.67. The Bertz CT molecular complexity index is 861. The fraction of sp³-hybridized carbons (Fsp3) is 0.417. The number of benzene rings is 2. The van der Waals surface area contributed by atoms with Crippen molar-refractivity contribution in [3.05, 3.63) is 70.5 Å². The van der Waals surface area contributed by atoms with Crippen molar-refractivity contribution in [1.82, 2.24) is 10.2 Å². The number of hydrogen-bond acceptors (Lipinski definition) is 3. The van der Waals surface area contributed by atoms with Gasteiger partial charge in [0.05, 0.1) is 5.75 Å². The van der Waals surface area contributed by atoms with Gasteiger partial charge < -0.3 is 10.2 Å². The summed E-state index contributed by atoms with van der Waals surface area (Å²) in [5.41, 5.74) is 1.75. The Morgan fingerprint density at radius 2 is 1.81 bits per heavy atom. The van der Waals surface area contributed by atoms with Gasteiger partial charge in [-0.3, -0.25) is 9.59 Å². The highest BCUT2D eigenvalue weighted by Gasteiger charge is 2.28. The van der Waals surface area contributed by atoms with Crippen LogP contribution >= 0.6 is 23.4 Å². The number of nitrogens with one attached hydrogen (secondary N) is 1. The number of nitrogens with zero attached hydrogens (tertiary/aromatic N) is 1. The third-order valence-electron chi connectivity index (χ3n) is 4.78. The summed E-state index contributed by atoms with van der Waals surface area (Å²) in [7, 11) is 0. The molecule has 1 N–H and O–H groups in total. The molecule has 2 aromatic carbocycles. The van der Waals surface area contributed by atoms with Gasteiger partial charge >= 0.3 is 0 Å². The Kier molecular flexibility index (Phi) is 10.3. The normalized spacial score (nSPS) is 11.9. The molecule has 0 aliphatic heterocycles. The maximum absolute atomic E-state index is 13.3. The Morgan fingerprint density at radius 1 is 1.13 bits per heavy atom. The van der Waals surface area contributed by atoms with Gasteiger partial charge in [-0.25, -0.2) is 4.39 Å². The van der Waals surface area contributed by atoms with Gasteiger partial charge in [0, 0.05) is 23.9 Å². The van der Waals surface area contributed by atoms with E-state index in [-0.39, 0.29) is 29.9 Å². The molecule has 0 saturated heterocycles. The lowest BCUT2D eigenvalue weighted by Crippen LogP contribution is -2.50. The van der Waals surface area contributed by atoms with Crippen LogP contribution in [-0.2, 0) is 21.9 Å². The third kappa shape index (κ3) is 8.19. The topological polar surface area (TPSA) is 49.4 Å². The van der Waals surface area contributed by atoms with Crippen LogP contribution in [0.3, 0.4) is 0 Å².